The topological polar surface area (TPSA) is 58.8 Å². The molecule has 118 valence electrons. The summed E-state index contributed by atoms with van der Waals surface area (Å²) in [5.74, 6) is -0.148. The fourth-order valence-electron chi connectivity index (χ4n) is 2.04. The van der Waals surface area contributed by atoms with Crippen molar-refractivity contribution < 1.29 is 22.7 Å². The van der Waals surface area contributed by atoms with Gasteiger partial charge in [0, 0.05) is 26.2 Å². The lowest BCUT2D eigenvalue weighted by molar-refractivity contribution is -0.175. The number of alkyl halides is 3. The van der Waals surface area contributed by atoms with Crippen molar-refractivity contribution in [2.24, 2.45) is 5.73 Å². The van der Waals surface area contributed by atoms with Gasteiger partial charge in [-0.3, -0.25) is 9.69 Å². The largest absolute Gasteiger partial charge is 0.411 e. The van der Waals surface area contributed by atoms with Crippen molar-refractivity contribution in [3.8, 4) is 0 Å². The van der Waals surface area contributed by atoms with Gasteiger partial charge in [0.25, 0.3) is 0 Å². The van der Waals surface area contributed by atoms with Crippen molar-refractivity contribution in [2.75, 3.05) is 52.5 Å². The molecule has 2 N–H and O–H groups in total. The first-order valence-corrected chi connectivity index (χ1v) is 6.77. The van der Waals surface area contributed by atoms with Crippen LogP contribution in [-0.2, 0) is 9.53 Å². The van der Waals surface area contributed by atoms with E-state index in [9.17, 15) is 18.0 Å². The van der Waals surface area contributed by atoms with Gasteiger partial charge < -0.3 is 15.4 Å². The van der Waals surface area contributed by atoms with Crippen molar-refractivity contribution in [2.45, 2.75) is 19.0 Å². The molecule has 0 aliphatic carbocycles. The molecule has 1 amide bonds. The first-order chi connectivity index (χ1) is 9.42. The van der Waals surface area contributed by atoms with Crippen molar-refractivity contribution in [3.05, 3.63) is 0 Å². The minimum atomic E-state index is -4.34. The van der Waals surface area contributed by atoms with Gasteiger partial charge in [0.2, 0.25) is 5.91 Å². The second-order valence-corrected chi connectivity index (χ2v) is 4.78. The molecular formula is C12H22F3N3O2. The minimum Gasteiger partial charge on any atom is -0.372 e. The van der Waals surface area contributed by atoms with Crippen molar-refractivity contribution in [1.82, 2.24) is 9.80 Å². The van der Waals surface area contributed by atoms with Crippen molar-refractivity contribution >= 4 is 5.91 Å². The summed E-state index contributed by atoms with van der Waals surface area (Å²) in [7, 11) is 0. The summed E-state index contributed by atoms with van der Waals surface area (Å²) < 4.78 is 40.0. The number of nitrogens with zero attached hydrogens (tertiary/aromatic N) is 2. The molecule has 0 bridgehead atoms. The van der Waals surface area contributed by atoms with E-state index in [0.717, 1.165) is 26.1 Å². The molecule has 0 radical (unpaired) electrons. The van der Waals surface area contributed by atoms with Gasteiger partial charge in [-0.2, -0.15) is 13.2 Å². The van der Waals surface area contributed by atoms with E-state index in [1.807, 2.05) is 0 Å². The maximum atomic E-state index is 11.8. The molecule has 0 aromatic heterocycles. The third kappa shape index (κ3) is 7.06. The lowest BCUT2D eigenvalue weighted by Gasteiger charge is -2.34. The second kappa shape index (κ2) is 8.43. The highest BCUT2D eigenvalue weighted by Crippen LogP contribution is 2.14. The quantitative estimate of drug-likeness (QED) is 0.693. The van der Waals surface area contributed by atoms with E-state index < -0.39 is 12.8 Å². The summed E-state index contributed by atoms with van der Waals surface area (Å²) in [5, 5.41) is 0. The third-order valence-electron chi connectivity index (χ3n) is 3.13. The fourth-order valence-corrected chi connectivity index (χ4v) is 2.04. The number of ether oxygens (including phenoxy) is 1. The molecule has 0 aromatic carbocycles. The van der Waals surface area contributed by atoms with E-state index in [2.05, 4.69) is 9.64 Å². The number of carbonyl (C=O) groups is 1. The average molecular weight is 297 g/mol. The average Bonchev–Trinajstić information content (AvgIpc) is 2.40. The molecule has 0 atom stereocenters. The Bertz CT molecular complexity index is 292. The van der Waals surface area contributed by atoms with Gasteiger partial charge in [-0.25, -0.2) is 0 Å². The number of hydrogen-bond donors (Lipinski definition) is 1. The summed E-state index contributed by atoms with van der Waals surface area (Å²) in [6.45, 7) is 2.89. The number of amides is 1. The monoisotopic (exact) mass is 297 g/mol. The Labute approximate surface area is 116 Å². The first-order valence-electron chi connectivity index (χ1n) is 6.77. The molecule has 1 saturated heterocycles. The molecule has 20 heavy (non-hydrogen) atoms. The van der Waals surface area contributed by atoms with Gasteiger partial charge >= 0.3 is 6.18 Å². The molecule has 1 aliphatic rings. The molecule has 0 spiro atoms. The molecule has 0 aromatic rings. The van der Waals surface area contributed by atoms with E-state index in [4.69, 9.17) is 5.73 Å². The number of carbonyl (C=O) groups excluding carboxylic acids is 1. The van der Waals surface area contributed by atoms with Crippen LogP contribution in [0.2, 0.25) is 0 Å². The zero-order valence-electron chi connectivity index (χ0n) is 11.5. The minimum absolute atomic E-state index is 0.00111. The van der Waals surface area contributed by atoms with Crippen molar-refractivity contribution in [3.63, 3.8) is 0 Å². The van der Waals surface area contributed by atoms with Crippen LogP contribution in [0.1, 0.15) is 12.8 Å². The molecule has 1 rings (SSSR count). The summed E-state index contributed by atoms with van der Waals surface area (Å²) in [5.41, 5.74) is 5.43. The Hall–Kier alpha value is -0.860. The molecule has 0 unspecified atom stereocenters. The van der Waals surface area contributed by atoms with Gasteiger partial charge in [-0.05, 0) is 19.5 Å². The highest BCUT2D eigenvalue weighted by atomic mass is 19.4. The molecule has 5 nitrogen and oxygen atoms in total. The standard InChI is InChI=1S/C12H22F3N3O2/c13-12(14,15)10-20-9-2-11(19)18-7-5-17(6-8-18)4-1-3-16/h1-10,16H2. The first kappa shape index (κ1) is 17.2. The normalized spacial score (nSPS) is 17.5. The maximum absolute atomic E-state index is 11.8. The van der Waals surface area contributed by atoms with Crippen molar-refractivity contribution in [1.29, 1.82) is 0 Å². The lowest BCUT2D eigenvalue weighted by Crippen LogP contribution is -2.49. The third-order valence-corrected chi connectivity index (χ3v) is 3.13. The predicted octanol–water partition coefficient (Wildman–Crippen LogP) is 0.448. The van der Waals surface area contributed by atoms with Crippen LogP contribution in [0.5, 0.6) is 0 Å². The van der Waals surface area contributed by atoms with Crippen LogP contribution in [0, 0.1) is 0 Å². The number of hydrogen-bond acceptors (Lipinski definition) is 4. The summed E-state index contributed by atoms with van der Waals surface area (Å²) in [4.78, 5) is 15.7. The smallest absolute Gasteiger partial charge is 0.372 e. The van der Waals surface area contributed by atoms with Crippen LogP contribution in [0.25, 0.3) is 0 Å². The van der Waals surface area contributed by atoms with Gasteiger partial charge in [0.1, 0.15) is 6.61 Å². The SMILES string of the molecule is NCCCN1CCN(C(=O)CCOCC(F)(F)F)CC1. The molecule has 0 saturated carbocycles. The number of nitrogens with two attached hydrogens (primary N) is 1. The molecule has 1 aliphatic heterocycles. The number of halogens is 3. The van der Waals surface area contributed by atoms with Crippen LogP contribution < -0.4 is 5.73 Å². The Morgan fingerprint density at radius 1 is 1.20 bits per heavy atom. The van der Waals surface area contributed by atoms with Gasteiger partial charge in [-0.15, -0.1) is 0 Å². The highest BCUT2D eigenvalue weighted by molar-refractivity contribution is 5.76. The Morgan fingerprint density at radius 2 is 1.85 bits per heavy atom. The maximum Gasteiger partial charge on any atom is 0.411 e. The summed E-state index contributed by atoms with van der Waals surface area (Å²) in [6.07, 6.45) is -3.41. The van der Waals surface area contributed by atoms with Gasteiger partial charge in [0.05, 0.1) is 13.0 Å². The Kier molecular flexibility index (Phi) is 7.25. The van der Waals surface area contributed by atoms with E-state index >= 15 is 0 Å². The van der Waals surface area contributed by atoms with E-state index in [0.29, 0.717) is 19.6 Å². The predicted molar refractivity (Wildman–Crippen MR) is 68.2 cm³/mol. The molecular weight excluding hydrogens is 275 g/mol. The van der Waals surface area contributed by atoms with Gasteiger partial charge in [0.15, 0.2) is 0 Å². The lowest BCUT2D eigenvalue weighted by atomic mass is 10.2. The van der Waals surface area contributed by atoms with Crippen LogP contribution in [0.15, 0.2) is 0 Å². The number of rotatable bonds is 7. The molecule has 8 heteroatoms. The zero-order valence-corrected chi connectivity index (χ0v) is 11.5. The fraction of sp³-hybridized carbons (Fsp3) is 0.917. The number of piperazine rings is 1. The Morgan fingerprint density at radius 3 is 2.40 bits per heavy atom. The summed E-state index contributed by atoms with van der Waals surface area (Å²) >= 11 is 0. The highest BCUT2D eigenvalue weighted by Gasteiger charge is 2.27. The Balaban J connectivity index is 2.13. The van der Waals surface area contributed by atoms with Crippen LogP contribution in [0.3, 0.4) is 0 Å². The van der Waals surface area contributed by atoms with Crippen LogP contribution in [-0.4, -0.2) is 74.4 Å². The molecule has 1 heterocycles. The van der Waals surface area contributed by atoms with Crippen LogP contribution >= 0.6 is 0 Å². The van der Waals surface area contributed by atoms with E-state index in [1.54, 1.807) is 4.90 Å². The van der Waals surface area contributed by atoms with Crippen LogP contribution in [0.4, 0.5) is 13.2 Å². The zero-order chi connectivity index (χ0) is 15.0. The summed E-state index contributed by atoms with van der Waals surface area (Å²) in [6, 6.07) is 0. The van der Waals surface area contributed by atoms with E-state index in [-0.39, 0.29) is 18.9 Å². The molecule has 1 fully saturated rings. The van der Waals surface area contributed by atoms with E-state index in [1.165, 1.54) is 0 Å². The van der Waals surface area contributed by atoms with Gasteiger partial charge in [-0.1, -0.05) is 0 Å². The second-order valence-electron chi connectivity index (χ2n) is 4.78.